The van der Waals surface area contributed by atoms with Crippen molar-refractivity contribution >= 4 is 0 Å². The molecule has 1 aliphatic heterocycles. The molecule has 0 aromatic heterocycles. The van der Waals surface area contributed by atoms with Gasteiger partial charge in [0.1, 0.15) is 0 Å². The molecular formula is C27H47NO2. The molecule has 0 atom stereocenters. The Morgan fingerprint density at radius 3 is 1.80 bits per heavy atom. The zero-order chi connectivity index (χ0) is 21.4. The van der Waals surface area contributed by atoms with Gasteiger partial charge in [0.25, 0.3) is 0 Å². The summed E-state index contributed by atoms with van der Waals surface area (Å²) in [4.78, 5) is 2.49. The van der Waals surface area contributed by atoms with Gasteiger partial charge in [0.15, 0.2) is 11.5 Å². The molecule has 3 heteroatoms. The van der Waals surface area contributed by atoms with Crippen LogP contribution >= 0.6 is 0 Å². The standard InChI is InChI=1S/C27H47NO2/c1-2-3-4-5-6-7-8-9-10-11-12-13-15-18-25-24(19-20-26(29)27(25)30)23-28-21-16-14-17-22-28/h19-20,29-30H,2-18,21-23H2,1H3. The van der Waals surface area contributed by atoms with Gasteiger partial charge in [-0.2, -0.15) is 0 Å². The van der Waals surface area contributed by atoms with Crippen molar-refractivity contribution < 1.29 is 10.2 Å². The van der Waals surface area contributed by atoms with Gasteiger partial charge in [0.05, 0.1) is 0 Å². The van der Waals surface area contributed by atoms with Gasteiger partial charge in [-0.05, 0) is 50.4 Å². The van der Waals surface area contributed by atoms with E-state index in [-0.39, 0.29) is 11.5 Å². The summed E-state index contributed by atoms with van der Waals surface area (Å²) in [7, 11) is 0. The van der Waals surface area contributed by atoms with Crippen molar-refractivity contribution in [3.05, 3.63) is 23.3 Å². The summed E-state index contributed by atoms with van der Waals surface area (Å²) in [6.07, 6.45) is 22.3. The largest absolute Gasteiger partial charge is 0.504 e. The van der Waals surface area contributed by atoms with Gasteiger partial charge in [-0.1, -0.05) is 96.5 Å². The Balaban J connectivity index is 1.59. The third-order valence-electron chi connectivity index (χ3n) is 6.73. The van der Waals surface area contributed by atoms with Crippen LogP contribution < -0.4 is 0 Å². The Labute approximate surface area is 185 Å². The minimum atomic E-state index is 0.0297. The second-order valence-corrected chi connectivity index (χ2v) is 9.40. The van der Waals surface area contributed by atoms with Crippen LogP contribution in [0.4, 0.5) is 0 Å². The third-order valence-corrected chi connectivity index (χ3v) is 6.73. The number of phenols is 2. The van der Waals surface area contributed by atoms with Crippen molar-refractivity contribution in [2.45, 2.75) is 123 Å². The van der Waals surface area contributed by atoms with Gasteiger partial charge < -0.3 is 10.2 Å². The molecule has 1 aromatic carbocycles. The maximum Gasteiger partial charge on any atom is 0.160 e. The molecule has 0 radical (unpaired) electrons. The normalized spacial score (nSPS) is 15.0. The van der Waals surface area contributed by atoms with Crippen molar-refractivity contribution in [1.82, 2.24) is 4.90 Å². The molecule has 0 bridgehead atoms. The van der Waals surface area contributed by atoms with Crippen molar-refractivity contribution in [1.29, 1.82) is 0 Å². The summed E-state index contributed by atoms with van der Waals surface area (Å²) in [5.41, 5.74) is 2.18. The van der Waals surface area contributed by atoms with Crippen LogP contribution in [0.2, 0.25) is 0 Å². The Kier molecular flexibility index (Phi) is 13.0. The Bertz CT molecular complexity index is 566. The van der Waals surface area contributed by atoms with E-state index in [1.165, 1.54) is 102 Å². The fourth-order valence-corrected chi connectivity index (χ4v) is 4.77. The van der Waals surface area contributed by atoms with Crippen LogP contribution in [0.25, 0.3) is 0 Å². The van der Waals surface area contributed by atoms with E-state index in [1.54, 1.807) is 6.07 Å². The first-order valence-electron chi connectivity index (χ1n) is 13.0. The SMILES string of the molecule is CCCCCCCCCCCCCCCc1c(CN2CCCCC2)ccc(O)c1O. The van der Waals surface area contributed by atoms with Crippen molar-refractivity contribution in [2.75, 3.05) is 13.1 Å². The monoisotopic (exact) mass is 417 g/mol. The number of hydrogen-bond acceptors (Lipinski definition) is 3. The number of hydrogen-bond donors (Lipinski definition) is 2. The van der Waals surface area contributed by atoms with E-state index < -0.39 is 0 Å². The first-order valence-corrected chi connectivity index (χ1v) is 13.0. The van der Waals surface area contributed by atoms with E-state index >= 15 is 0 Å². The molecule has 1 aliphatic rings. The van der Waals surface area contributed by atoms with Crippen molar-refractivity contribution in [2.24, 2.45) is 0 Å². The van der Waals surface area contributed by atoms with Crippen LogP contribution in [0.15, 0.2) is 12.1 Å². The highest BCUT2D eigenvalue weighted by molar-refractivity contribution is 5.49. The number of likely N-dealkylation sites (tertiary alicyclic amines) is 1. The smallest absolute Gasteiger partial charge is 0.160 e. The molecule has 30 heavy (non-hydrogen) atoms. The molecule has 172 valence electrons. The number of unbranched alkanes of at least 4 members (excludes halogenated alkanes) is 12. The molecule has 1 aromatic rings. The first kappa shape index (κ1) is 25.0. The number of nitrogens with zero attached hydrogens (tertiary/aromatic N) is 1. The third kappa shape index (κ3) is 9.73. The average Bonchev–Trinajstić information content (AvgIpc) is 2.76. The van der Waals surface area contributed by atoms with Gasteiger partial charge >= 0.3 is 0 Å². The zero-order valence-electron chi connectivity index (χ0n) is 19.6. The second-order valence-electron chi connectivity index (χ2n) is 9.40. The lowest BCUT2D eigenvalue weighted by Crippen LogP contribution is -2.29. The topological polar surface area (TPSA) is 43.7 Å². The number of aromatic hydroxyl groups is 2. The van der Waals surface area contributed by atoms with Gasteiger partial charge in [0.2, 0.25) is 0 Å². The summed E-state index contributed by atoms with van der Waals surface area (Å²) in [5.74, 6) is 0.144. The Hall–Kier alpha value is -1.22. The van der Waals surface area contributed by atoms with Gasteiger partial charge in [-0.25, -0.2) is 0 Å². The zero-order valence-corrected chi connectivity index (χ0v) is 19.6. The quantitative estimate of drug-likeness (QED) is 0.214. The molecule has 0 amide bonds. The minimum Gasteiger partial charge on any atom is -0.504 e. The van der Waals surface area contributed by atoms with E-state index in [2.05, 4.69) is 11.8 Å². The highest BCUT2D eigenvalue weighted by Crippen LogP contribution is 2.33. The molecule has 2 N–H and O–H groups in total. The Morgan fingerprint density at radius 2 is 1.23 bits per heavy atom. The predicted molar refractivity (Wildman–Crippen MR) is 128 cm³/mol. The van der Waals surface area contributed by atoms with E-state index in [0.717, 1.165) is 38.0 Å². The summed E-state index contributed by atoms with van der Waals surface area (Å²) in [6, 6.07) is 3.67. The molecule has 1 saturated heterocycles. The predicted octanol–water partition coefficient (Wildman–Crippen LogP) is 7.72. The van der Waals surface area contributed by atoms with Crippen LogP contribution in [0.3, 0.4) is 0 Å². The number of phenolic OH excluding ortho intramolecular Hbond substituents is 2. The number of benzene rings is 1. The van der Waals surface area contributed by atoms with E-state index in [4.69, 9.17) is 0 Å². The second kappa shape index (κ2) is 15.6. The number of rotatable bonds is 16. The maximum atomic E-state index is 10.4. The summed E-state index contributed by atoms with van der Waals surface area (Å²) >= 11 is 0. The summed E-state index contributed by atoms with van der Waals surface area (Å²) in [6.45, 7) is 5.49. The molecular weight excluding hydrogens is 370 g/mol. The molecule has 0 unspecified atom stereocenters. The first-order chi connectivity index (χ1) is 14.7. The highest BCUT2D eigenvalue weighted by atomic mass is 16.3. The average molecular weight is 418 g/mol. The van der Waals surface area contributed by atoms with Crippen LogP contribution in [-0.2, 0) is 13.0 Å². The lowest BCUT2D eigenvalue weighted by Gasteiger charge is -2.27. The van der Waals surface area contributed by atoms with Crippen LogP contribution in [0.1, 0.15) is 121 Å². The lowest BCUT2D eigenvalue weighted by atomic mass is 9.97. The molecule has 0 aliphatic carbocycles. The minimum absolute atomic E-state index is 0.0297. The molecule has 3 nitrogen and oxygen atoms in total. The molecule has 1 fully saturated rings. The summed E-state index contributed by atoms with van der Waals surface area (Å²) in [5, 5.41) is 20.4. The molecule has 1 heterocycles. The molecule has 0 spiro atoms. The van der Waals surface area contributed by atoms with Crippen LogP contribution in [-0.4, -0.2) is 28.2 Å². The highest BCUT2D eigenvalue weighted by Gasteiger charge is 2.16. The van der Waals surface area contributed by atoms with Gasteiger partial charge in [0, 0.05) is 12.1 Å². The lowest BCUT2D eigenvalue weighted by molar-refractivity contribution is 0.220. The van der Waals surface area contributed by atoms with E-state index in [1.807, 2.05) is 6.07 Å². The number of piperidine rings is 1. The fraction of sp³-hybridized carbons (Fsp3) is 0.778. The van der Waals surface area contributed by atoms with Crippen LogP contribution in [0.5, 0.6) is 11.5 Å². The molecule has 2 rings (SSSR count). The Morgan fingerprint density at radius 1 is 0.700 bits per heavy atom. The van der Waals surface area contributed by atoms with Crippen LogP contribution in [0, 0.1) is 0 Å². The fourth-order valence-electron chi connectivity index (χ4n) is 4.77. The molecule has 0 saturated carbocycles. The summed E-state index contributed by atoms with van der Waals surface area (Å²) < 4.78 is 0. The van der Waals surface area contributed by atoms with Crippen molar-refractivity contribution in [3.8, 4) is 11.5 Å². The maximum absolute atomic E-state index is 10.4. The van der Waals surface area contributed by atoms with Gasteiger partial charge in [-0.3, -0.25) is 4.90 Å². The van der Waals surface area contributed by atoms with Crippen molar-refractivity contribution in [3.63, 3.8) is 0 Å². The van der Waals surface area contributed by atoms with Gasteiger partial charge in [-0.15, -0.1) is 0 Å². The van der Waals surface area contributed by atoms with E-state index in [9.17, 15) is 10.2 Å². The van der Waals surface area contributed by atoms with E-state index in [0.29, 0.717) is 0 Å².